The Balaban J connectivity index is 1.74. The van der Waals surface area contributed by atoms with Gasteiger partial charge in [-0.25, -0.2) is 0 Å². The van der Waals surface area contributed by atoms with Crippen molar-refractivity contribution in [3.05, 3.63) is 35.4 Å². The molecule has 1 atom stereocenters. The fourth-order valence-corrected chi connectivity index (χ4v) is 3.46. The molecule has 154 valence electrons. The largest absolute Gasteiger partial charge is 0.350 e. The summed E-state index contributed by atoms with van der Waals surface area (Å²) in [6.07, 6.45) is 1.43. The summed E-state index contributed by atoms with van der Waals surface area (Å²) in [5.41, 5.74) is 2.36. The average molecular weight is 388 g/mol. The standard InChI is InChI=1S/C22H33N3O3/c1-16(2)15-19-5-7-20(8-6-19)17(3)23-21(27)9-10-22(28)25-13-11-24(12-14-25)18(4)26/h5-8,16-17H,9-15H2,1-4H3,(H,23,27)/t17-/m0/s1. The maximum atomic E-state index is 12.3. The maximum Gasteiger partial charge on any atom is 0.223 e. The monoisotopic (exact) mass is 387 g/mol. The number of nitrogens with one attached hydrogen (secondary N) is 1. The second-order valence-corrected chi connectivity index (χ2v) is 8.02. The van der Waals surface area contributed by atoms with E-state index in [-0.39, 0.29) is 36.6 Å². The highest BCUT2D eigenvalue weighted by Crippen LogP contribution is 2.16. The second kappa shape index (κ2) is 10.2. The molecule has 2 rings (SSSR count). The highest BCUT2D eigenvalue weighted by molar-refractivity contribution is 5.84. The van der Waals surface area contributed by atoms with Gasteiger partial charge in [0.25, 0.3) is 0 Å². The first-order valence-corrected chi connectivity index (χ1v) is 10.2. The normalized spacial score (nSPS) is 15.5. The van der Waals surface area contributed by atoms with Crippen LogP contribution in [0, 0.1) is 5.92 Å². The fraction of sp³-hybridized carbons (Fsp3) is 0.591. The Labute approximate surface area is 168 Å². The maximum absolute atomic E-state index is 12.3. The Hall–Kier alpha value is -2.37. The van der Waals surface area contributed by atoms with Gasteiger partial charge in [-0.3, -0.25) is 14.4 Å². The molecule has 1 fully saturated rings. The molecule has 1 aromatic carbocycles. The Morgan fingerprint density at radius 3 is 2.04 bits per heavy atom. The van der Waals surface area contributed by atoms with Gasteiger partial charge in [0.1, 0.15) is 0 Å². The van der Waals surface area contributed by atoms with E-state index < -0.39 is 0 Å². The predicted molar refractivity (Wildman–Crippen MR) is 110 cm³/mol. The minimum Gasteiger partial charge on any atom is -0.350 e. The zero-order valence-electron chi connectivity index (χ0n) is 17.5. The first-order valence-electron chi connectivity index (χ1n) is 10.2. The van der Waals surface area contributed by atoms with Gasteiger partial charge >= 0.3 is 0 Å². The molecule has 0 aliphatic carbocycles. The van der Waals surface area contributed by atoms with Gasteiger partial charge in [0, 0.05) is 45.9 Å². The molecule has 6 heteroatoms. The highest BCUT2D eigenvalue weighted by atomic mass is 16.2. The number of carbonyl (C=O) groups excluding carboxylic acids is 3. The quantitative estimate of drug-likeness (QED) is 0.782. The van der Waals surface area contributed by atoms with Gasteiger partial charge < -0.3 is 15.1 Å². The van der Waals surface area contributed by atoms with Crippen molar-refractivity contribution in [2.24, 2.45) is 5.92 Å². The Morgan fingerprint density at radius 2 is 1.50 bits per heavy atom. The molecule has 0 radical (unpaired) electrons. The van der Waals surface area contributed by atoms with Crippen LogP contribution in [0.4, 0.5) is 0 Å². The lowest BCUT2D eigenvalue weighted by atomic mass is 10.00. The van der Waals surface area contributed by atoms with Crippen molar-refractivity contribution < 1.29 is 14.4 Å². The minimum absolute atomic E-state index is 0.0240. The second-order valence-electron chi connectivity index (χ2n) is 8.02. The van der Waals surface area contributed by atoms with Gasteiger partial charge in [0.15, 0.2) is 0 Å². The molecule has 0 spiro atoms. The summed E-state index contributed by atoms with van der Waals surface area (Å²) in [6.45, 7) is 10.1. The van der Waals surface area contributed by atoms with Gasteiger partial charge in [0.05, 0.1) is 6.04 Å². The van der Waals surface area contributed by atoms with E-state index in [9.17, 15) is 14.4 Å². The number of rotatable bonds is 7. The Kier molecular flexibility index (Phi) is 8.03. The number of nitrogens with zero attached hydrogens (tertiary/aromatic N) is 2. The van der Waals surface area contributed by atoms with Crippen LogP contribution in [0.1, 0.15) is 57.7 Å². The van der Waals surface area contributed by atoms with Crippen molar-refractivity contribution >= 4 is 17.7 Å². The van der Waals surface area contributed by atoms with Crippen LogP contribution in [-0.2, 0) is 20.8 Å². The van der Waals surface area contributed by atoms with Gasteiger partial charge in [-0.2, -0.15) is 0 Å². The molecule has 6 nitrogen and oxygen atoms in total. The molecule has 0 aromatic heterocycles. The molecule has 1 aliphatic heterocycles. The molecule has 1 heterocycles. The van der Waals surface area contributed by atoms with E-state index in [0.717, 1.165) is 12.0 Å². The lowest BCUT2D eigenvalue weighted by molar-refractivity contribution is -0.139. The van der Waals surface area contributed by atoms with Crippen LogP contribution in [0.15, 0.2) is 24.3 Å². The van der Waals surface area contributed by atoms with Crippen LogP contribution >= 0.6 is 0 Å². The van der Waals surface area contributed by atoms with Crippen molar-refractivity contribution in [2.45, 2.75) is 53.0 Å². The molecule has 0 saturated carbocycles. The third-order valence-electron chi connectivity index (χ3n) is 5.14. The molecule has 1 N–H and O–H groups in total. The van der Waals surface area contributed by atoms with Crippen LogP contribution in [-0.4, -0.2) is 53.7 Å². The van der Waals surface area contributed by atoms with E-state index >= 15 is 0 Å². The lowest BCUT2D eigenvalue weighted by Crippen LogP contribution is -2.50. The SMILES string of the molecule is CC(=O)N1CCN(C(=O)CCC(=O)N[C@@H](C)c2ccc(CC(C)C)cc2)CC1. The molecular formula is C22H33N3O3. The van der Waals surface area contributed by atoms with Crippen LogP contribution in [0.5, 0.6) is 0 Å². The minimum atomic E-state index is -0.116. The third-order valence-corrected chi connectivity index (χ3v) is 5.14. The molecule has 1 aromatic rings. The van der Waals surface area contributed by atoms with E-state index in [0.29, 0.717) is 32.1 Å². The van der Waals surface area contributed by atoms with E-state index in [1.807, 2.05) is 6.92 Å². The van der Waals surface area contributed by atoms with E-state index in [2.05, 4.69) is 43.4 Å². The van der Waals surface area contributed by atoms with Crippen molar-refractivity contribution in [2.75, 3.05) is 26.2 Å². The van der Waals surface area contributed by atoms with Crippen molar-refractivity contribution in [1.29, 1.82) is 0 Å². The molecular weight excluding hydrogens is 354 g/mol. The molecule has 0 unspecified atom stereocenters. The van der Waals surface area contributed by atoms with E-state index in [4.69, 9.17) is 0 Å². The van der Waals surface area contributed by atoms with Gasteiger partial charge in [-0.05, 0) is 30.4 Å². The van der Waals surface area contributed by atoms with Crippen LogP contribution in [0.3, 0.4) is 0 Å². The predicted octanol–water partition coefficient (Wildman–Crippen LogP) is 2.53. The van der Waals surface area contributed by atoms with E-state index in [1.54, 1.807) is 16.7 Å². The summed E-state index contributed by atoms with van der Waals surface area (Å²) in [7, 11) is 0. The van der Waals surface area contributed by atoms with Gasteiger partial charge in [0.2, 0.25) is 17.7 Å². The number of benzene rings is 1. The van der Waals surface area contributed by atoms with Crippen molar-refractivity contribution in [3.8, 4) is 0 Å². The number of hydrogen-bond donors (Lipinski definition) is 1. The summed E-state index contributed by atoms with van der Waals surface area (Å²) >= 11 is 0. The van der Waals surface area contributed by atoms with Crippen LogP contribution in [0.25, 0.3) is 0 Å². The van der Waals surface area contributed by atoms with Crippen molar-refractivity contribution in [1.82, 2.24) is 15.1 Å². The summed E-state index contributed by atoms with van der Waals surface area (Å²) in [5, 5.41) is 2.97. The number of amides is 3. The Morgan fingerprint density at radius 1 is 0.929 bits per heavy atom. The smallest absolute Gasteiger partial charge is 0.223 e. The first-order chi connectivity index (χ1) is 13.3. The summed E-state index contributed by atoms with van der Waals surface area (Å²) in [4.78, 5) is 39.4. The zero-order valence-corrected chi connectivity index (χ0v) is 17.5. The summed E-state index contributed by atoms with van der Waals surface area (Å²) < 4.78 is 0. The first kappa shape index (κ1) is 21.9. The molecule has 1 aliphatic rings. The molecule has 3 amide bonds. The number of carbonyl (C=O) groups is 3. The van der Waals surface area contributed by atoms with Gasteiger partial charge in [-0.1, -0.05) is 38.1 Å². The topological polar surface area (TPSA) is 69.7 Å². The molecule has 0 bridgehead atoms. The molecule has 28 heavy (non-hydrogen) atoms. The number of hydrogen-bond acceptors (Lipinski definition) is 3. The fourth-order valence-electron chi connectivity index (χ4n) is 3.46. The summed E-state index contributed by atoms with van der Waals surface area (Å²) in [5.74, 6) is 0.516. The van der Waals surface area contributed by atoms with Gasteiger partial charge in [-0.15, -0.1) is 0 Å². The van der Waals surface area contributed by atoms with Crippen LogP contribution in [0.2, 0.25) is 0 Å². The highest BCUT2D eigenvalue weighted by Gasteiger charge is 2.22. The third kappa shape index (κ3) is 6.66. The average Bonchev–Trinajstić information content (AvgIpc) is 2.66. The van der Waals surface area contributed by atoms with Crippen molar-refractivity contribution in [3.63, 3.8) is 0 Å². The summed E-state index contributed by atoms with van der Waals surface area (Å²) in [6, 6.07) is 8.25. The molecule has 1 saturated heterocycles. The Bertz CT molecular complexity index is 677. The zero-order chi connectivity index (χ0) is 20.7. The van der Waals surface area contributed by atoms with E-state index in [1.165, 1.54) is 5.56 Å². The number of piperazine rings is 1. The van der Waals surface area contributed by atoms with Crippen LogP contribution < -0.4 is 5.32 Å². The lowest BCUT2D eigenvalue weighted by Gasteiger charge is -2.34.